The smallest absolute Gasteiger partial charge is 0.258 e. The molecule has 0 atom stereocenters. The Hall–Kier alpha value is -2.60. The highest BCUT2D eigenvalue weighted by Crippen LogP contribution is 2.36. The molecule has 0 bridgehead atoms. The van der Waals surface area contributed by atoms with Crippen molar-refractivity contribution in [2.45, 2.75) is 6.61 Å². The van der Waals surface area contributed by atoms with Gasteiger partial charge in [0.2, 0.25) is 5.82 Å². The molecule has 0 aliphatic heterocycles. The summed E-state index contributed by atoms with van der Waals surface area (Å²) < 4.78 is 24.2. The van der Waals surface area contributed by atoms with Gasteiger partial charge >= 0.3 is 0 Å². The van der Waals surface area contributed by atoms with Gasteiger partial charge in [0, 0.05) is 16.1 Å². The molecule has 0 unspecified atom stereocenters. The summed E-state index contributed by atoms with van der Waals surface area (Å²) in [6.45, 7) is 0.230. The van der Waals surface area contributed by atoms with Crippen LogP contribution in [0, 0.1) is 5.82 Å². The Morgan fingerprint density at radius 1 is 0.897 bits per heavy atom. The van der Waals surface area contributed by atoms with E-state index in [0.29, 0.717) is 38.1 Å². The standard InChI is InChI=1S/C21H12Cl3FN2O2/c22-15-9-17(23)19(18(24)10-15)28-11-12-2-1-3-14(8-12)21-26-20(27-29-21)13-4-6-16(25)7-5-13/h1-10H,11H2. The number of nitrogens with zero attached hydrogens (tertiary/aromatic N) is 2. The molecule has 0 saturated heterocycles. The third-order valence-electron chi connectivity index (χ3n) is 4.05. The lowest BCUT2D eigenvalue weighted by Gasteiger charge is -2.10. The molecular formula is C21H12Cl3FN2O2. The van der Waals surface area contributed by atoms with Crippen LogP contribution in [0.15, 0.2) is 65.2 Å². The van der Waals surface area contributed by atoms with Crippen molar-refractivity contribution in [2.75, 3.05) is 0 Å². The average molecular weight is 450 g/mol. The van der Waals surface area contributed by atoms with E-state index >= 15 is 0 Å². The molecule has 0 radical (unpaired) electrons. The van der Waals surface area contributed by atoms with E-state index in [0.717, 1.165) is 11.1 Å². The van der Waals surface area contributed by atoms with Gasteiger partial charge in [0.1, 0.15) is 12.4 Å². The molecule has 29 heavy (non-hydrogen) atoms. The van der Waals surface area contributed by atoms with E-state index < -0.39 is 0 Å². The first kappa shape index (κ1) is 19.7. The molecule has 1 heterocycles. The van der Waals surface area contributed by atoms with Gasteiger partial charge < -0.3 is 9.26 Å². The van der Waals surface area contributed by atoms with Crippen LogP contribution < -0.4 is 4.74 Å². The van der Waals surface area contributed by atoms with E-state index in [1.54, 1.807) is 24.3 Å². The maximum atomic E-state index is 13.1. The largest absolute Gasteiger partial charge is 0.486 e. The molecule has 4 rings (SSSR count). The van der Waals surface area contributed by atoms with Gasteiger partial charge in [0.25, 0.3) is 5.89 Å². The third kappa shape index (κ3) is 4.53. The molecule has 146 valence electrons. The molecule has 0 aliphatic rings. The van der Waals surface area contributed by atoms with Crippen LogP contribution in [0.2, 0.25) is 15.1 Å². The van der Waals surface area contributed by atoms with Crippen molar-refractivity contribution in [2.24, 2.45) is 0 Å². The second kappa shape index (κ2) is 8.41. The van der Waals surface area contributed by atoms with Crippen LogP contribution in [0.1, 0.15) is 5.56 Å². The van der Waals surface area contributed by atoms with Gasteiger partial charge in [-0.15, -0.1) is 0 Å². The minimum absolute atomic E-state index is 0.230. The Bertz CT molecular complexity index is 1140. The van der Waals surface area contributed by atoms with Gasteiger partial charge in [-0.2, -0.15) is 4.98 Å². The molecule has 4 nitrogen and oxygen atoms in total. The highest BCUT2D eigenvalue weighted by atomic mass is 35.5. The van der Waals surface area contributed by atoms with Crippen LogP contribution in [0.5, 0.6) is 5.75 Å². The van der Waals surface area contributed by atoms with Gasteiger partial charge in [-0.05, 0) is 54.1 Å². The number of ether oxygens (including phenoxy) is 1. The minimum Gasteiger partial charge on any atom is -0.486 e. The number of hydrogen-bond acceptors (Lipinski definition) is 4. The van der Waals surface area contributed by atoms with Gasteiger partial charge in [-0.25, -0.2) is 4.39 Å². The van der Waals surface area contributed by atoms with E-state index in [-0.39, 0.29) is 12.4 Å². The number of halogens is 4. The second-order valence-corrected chi connectivity index (χ2v) is 7.37. The maximum absolute atomic E-state index is 13.1. The Kier molecular flexibility index (Phi) is 5.72. The Labute approximate surface area is 180 Å². The van der Waals surface area contributed by atoms with Gasteiger partial charge in [-0.1, -0.05) is 52.1 Å². The lowest BCUT2D eigenvalue weighted by atomic mass is 10.1. The molecule has 8 heteroatoms. The molecule has 4 aromatic rings. The van der Waals surface area contributed by atoms with Crippen molar-refractivity contribution >= 4 is 34.8 Å². The summed E-state index contributed by atoms with van der Waals surface area (Å²) in [5, 5.41) is 5.06. The summed E-state index contributed by atoms with van der Waals surface area (Å²) in [5.74, 6) is 0.751. The maximum Gasteiger partial charge on any atom is 0.258 e. The first-order chi connectivity index (χ1) is 14.0. The molecule has 3 aromatic carbocycles. The number of rotatable bonds is 5. The predicted molar refractivity (Wildman–Crippen MR) is 111 cm³/mol. The average Bonchev–Trinajstić information content (AvgIpc) is 3.18. The van der Waals surface area contributed by atoms with Crippen molar-refractivity contribution < 1.29 is 13.7 Å². The molecule has 0 aliphatic carbocycles. The zero-order valence-corrected chi connectivity index (χ0v) is 17.0. The van der Waals surface area contributed by atoms with E-state index in [2.05, 4.69) is 10.1 Å². The number of benzene rings is 3. The molecule has 0 spiro atoms. The molecule has 0 fully saturated rings. The highest BCUT2D eigenvalue weighted by molar-refractivity contribution is 6.40. The monoisotopic (exact) mass is 448 g/mol. The first-order valence-electron chi connectivity index (χ1n) is 8.46. The fourth-order valence-electron chi connectivity index (χ4n) is 2.67. The Morgan fingerprint density at radius 3 is 2.34 bits per heavy atom. The molecule has 0 amide bonds. The summed E-state index contributed by atoms with van der Waals surface area (Å²) in [6, 6.07) is 16.4. The zero-order valence-electron chi connectivity index (χ0n) is 14.7. The molecular weight excluding hydrogens is 438 g/mol. The molecule has 0 N–H and O–H groups in total. The lowest BCUT2D eigenvalue weighted by Crippen LogP contribution is -1.97. The summed E-state index contributed by atoms with van der Waals surface area (Å²) in [4.78, 5) is 4.38. The molecule has 0 saturated carbocycles. The lowest BCUT2D eigenvalue weighted by molar-refractivity contribution is 0.306. The first-order valence-corrected chi connectivity index (χ1v) is 9.59. The van der Waals surface area contributed by atoms with Crippen LogP contribution in [-0.2, 0) is 6.61 Å². The molecule has 1 aromatic heterocycles. The quantitative estimate of drug-likeness (QED) is 0.326. The Morgan fingerprint density at radius 2 is 1.62 bits per heavy atom. The second-order valence-electron chi connectivity index (χ2n) is 6.12. The fourth-order valence-corrected chi connectivity index (χ4v) is 3.60. The number of hydrogen-bond donors (Lipinski definition) is 0. The van der Waals surface area contributed by atoms with Gasteiger partial charge in [-0.3, -0.25) is 0 Å². The van der Waals surface area contributed by atoms with Crippen molar-refractivity contribution in [1.29, 1.82) is 0 Å². The topological polar surface area (TPSA) is 48.2 Å². The number of aromatic nitrogens is 2. The van der Waals surface area contributed by atoms with Gasteiger partial charge in [0.05, 0.1) is 10.0 Å². The fraction of sp³-hybridized carbons (Fsp3) is 0.0476. The van der Waals surface area contributed by atoms with E-state index in [1.165, 1.54) is 12.1 Å². The van der Waals surface area contributed by atoms with Crippen molar-refractivity contribution in [3.05, 3.63) is 87.1 Å². The summed E-state index contributed by atoms with van der Waals surface area (Å²) in [7, 11) is 0. The predicted octanol–water partition coefficient (Wildman–Crippen LogP) is 7.08. The summed E-state index contributed by atoms with van der Waals surface area (Å²) in [5.41, 5.74) is 2.24. The van der Waals surface area contributed by atoms with Gasteiger partial charge in [0.15, 0.2) is 5.75 Å². The van der Waals surface area contributed by atoms with Crippen LogP contribution in [-0.4, -0.2) is 10.1 Å². The minimum atomic E-state index is -0.328. The summed E-state index contributed by atoms with van der Waals surface area (Å²) >= 11 is 18.2. The zero-order chi connectivity index (χ0) is 20.4. The van der Waals surface area contributed by atoms with E-state index in [4.69, 9.17) is 44.1 Å². The van der Waals surface area contributed by atoms with Crippen LogP contribution in [0.4, 0.5) is 4.39 Å². The Balaban J connectivity index is 1.53. The summed E-state index contributed by atoms with van der Waals surface area (Å²) in [6.07, 6.45) is 0. The van der Waals surface area contributed by atoms with Crippen LogP contribution >= 0.6 is 34.8 Å². The van der Waals surface area contributed by atoms with Crippen LogP contribution in [0.3, 0.4) is 0 Å². The normalized spacial score (nSPS) is 10.9. The van der Waals surface area contributed by atoms with Crippen molar-refractivity contribution in [1.82, 2.24) is 10.1 Å². The van der Waals surface area contributed by atoms with Crippen molar-refractivity contribution in [3.8, 4) is 28.6 Å². The SMILES string of the molecule is Fc1ccc(-c2noc(-c3cccc(COc4c(Cl)cc(Cl)cc4Cl)c3)n2)cc1. The van der Waals surface area contributed by atoms with Crippen LogP contribution in [0.25, 0.3) is 22.8 Å². The third-order valence-corrected chi connectivity index (χ3v) is 4.83. The van der Waals surface area contributed by atoms with Crippen molar-refractivity contribution in [3.63, 3.8) is 0 Å². The highest BCUT2D eigenvalue weighted by Gasteiger charge is 2.13. The van der Waals surface area contributed by atoms with E-state index in [1.807, 2.05) is 24.3 Å². The van der Waals surface area contributed by atoms with E-state index in [9.17, 15) is 4.39 Å².